The van der Waals surface area contributed by atoms with Crippen LogP contribution in [0.25, 0.3) is 10.2 Å². The lowest BCUT2D eigenvalue weighted by atomic mass is 10.1. The van der Waals surface area contributed by atoms with Gasteiger partial charge in [-0.3, -0.25) is 4.79 Å². The van der Waals surface area contributed by atoms with Crippen molar-refractivity contribution in [2.75, 3.05) is 0 Å². The Morgan fingerprint density at radius 1 is 1.17 bits per heavy atom. The fourth-order valence-electron chi connectivity index (χ4n) is 2.61. The predicted octanol–water partition coefficient (Wildman–Crippen LogP) is 4.39. The fraction of sp³-hybridized carbons (Fsp3) is 0.167. The number of rotatable bonds is 3. The number of alkyl halides is 3. The molecular weight excluding hydrogens is 419 g/mol. The van der Waals surface area contributed by atoms with Crippen LogP contribution >= 0.6 is 11.3 Å². The van der Waals surface area contributed by atoms with Gasteiger partial charge in [-0.1, -0.05) is 17.4 Å². The predicted molar refractivity (Wildman–Crippen MR) is 93.4 cm³/mol. The molecule has 152 valence electrons. The van der Waals surface area contributed by atoms with Crippen molar-refractivity contribution in [2.45, 2.75) is 19.1 Å². The van der Waals surface area contributed by atoms with E-state index in [-0.39, 0.29) is 15.0 Å². The second kappa shape index (κ2) is 7.39. The van der Waals surface area contributed by atoms with E-state index in [9.17, 15) is 36.6 Å². The first-order chi connectivity index (χ1) is 13.5. The molecule has 1 amide bonds. The number of carboxylic acids is 1. The second-order valence-electron chi connectivity index (χ2n) is 6.00. The van der Waals surface area contributed by atoms with Crippen molar-refractivity contribution >= 4 is 33.4 Å². The average Bonchev–Trinajstić information content (AvgIpc) is 2.98. The van der Waals surface area contributed by atoms with Crippen LogP contribution in [0.4, 0.5) is 22.0 Å². The monoisotopic (exact) mass is 430 g/mol. The van der Waals surface area contributed by atoms with Gasteiger partial charge in [0.1, 0.15) is 17.7 Å². The standard InChI is InChI=1S/C18H11F5N2O3S/c1-8(16(27)28)25-13-7-11(19)6-12(20)14(13)29-17(25)24-15(26)9-3-2-4-10(5-9)18(21,22)23/h2-8H,1H3,(H,27,28)/b24-17-. The smallest absolute Gasteiger partial charge is 0.416 e. The molecule has 2 aromatic carbocycles. The molecule has 1 heterocycles. The van der Waals surface area contributed by atoms with Crippen LogP contribution < -0.4 is 4.80 Å². The van der Waals surface area contributed by atoms with Crippen molar-refractivity contribution in [3.05, 3.63) is 64.0 Å². The fourth-order valence-corrected chi connectivity index (χ4v) is 3.70. The second-order valence-corrected chi connectivity index (χ2v) is 6.98. The van der Waals surface area contributed by atoms with Gasteiger partial charge in [-0.05, 0) is 31.2 Å². The Labute approximate surface area is 163 Å². The number of carbonyl (C=O) groups is 2. The topological polar surface area (TPSA) is 71.7 Å². The third-order valence-electron chi connectivity index (χ3n) is 4.03. The lowest BCUT2D eigenvalue weighted by molar-refractivity contribution is -0.140. The number of hydrogen-bond acceptors (Lipinski definition) is 3. The molecule has 0 fully saturated rings. The van der Waals surface area contributed by atoms with E-state index in [0.717, 1.165) is 28.8 Å². The number of fused-ring (bicyclic) bond motifs is 1. The van der Waals surface area contributed by atoms with E-state index in [4.69, 9.17) is 0 Å². The zero-order valence-electron chi connectivity index (χ0n) is 14.5. The number of amides is 1. The van der Waals surface area contributed by atoms with Gasteiger partial charge in [-0.15, -0.1) is 0 Å². The van der Waals surface area contributed by atoms with E-state index in [1.165, 1.54) is 6.92 Å². The maximum Gasteiger partial charge on any atom is 0.416 e. The molecule has 1 N–H and O–H groups in total. The molecule has 29 heavy (non-hydrogen) atoms. The molecule has 0 aliphatic carbocycles. The van der Waals surface area contributed by atoms with Gasteiger partial charge in [0.2, 0.25) is 0 Å². The Morgan fingerprint density at radius 2 is 1.86 bits per heavy atom. The molecule has 1 unspecified atom stereocenters. The van der Waals surface area contributed by atoms with E-state index in [1.807, 2.05) is 0 Å². The number of benzene rings is 2. The lowest BCUT2D eigenvalue weighted by Gasteiger charge is -2.10. The summed E-state index contributed by atoms with van der Waals surface area (Å²) in [4.78, 5) is 27.2. The molecule has 0 spiro atoms. The minimum Gasteiger partial charge on any atom is -0.480 e. The quantitative estimate of drug-likeness (QED) is 0.627. The number of nitrogens with zero attached hydrogens (tertiary/aromatic N) is 2. The van der Waals surface area contributed by atoms with Crippen molar-refractivity contribution < 1.29 is 36.6 Å². The summed E-state index contributed by atoms with van der Waals surface area (Å²) in [7, 11) is 0. The van der Waals surface area contributed by atoms with Crippen LogP contribution in [0.5, 0.6) is 0 Å². The van der Waals surface area contributed by atoms with Gasteiger partial charge < -0.3 is 9.67 Å². The highest BCUT2D eigenvalue weighted by atomic mass is 32.1. The molecule has 0 saturated heterocycles. The Kier molecular flexibility index (Phi) is 5.26. The molecule has 1 atom stereocenters. The largest absolute Gasteiger partial charge is 0.480 e. The van der Waals surface area contributed by atoms with Gasteiger partial charge in [0.05, 0.1) is 15.8 Å². The lowest BCUT2D eigenvalue weighted by Crippen LogP contribution is -2.25. The Morgan fingerprint density at radius 3 is 2.48 bits per heavy atom. The summed E-state index contributed by atoms with van der Waals surface area (Å²) in [6.07, 6.45) is -4.67. The number of aliphatic carboxylic acids is 1. The van der Waals surface area contributed by atoms with Gasteiger partial charge in [0.25, 0.3) is 5.91 Å². The van der Waals surface area contributed by atoms with E-state index in [1.54, 1.807) is 0 Å². The average molecular weight is 430 g/mol. The maximum atomic E-state index is 14.1. The SMILES string of the molecule is CC(C(=O)O)n1/c(=N/C(=O)c2cccc(C(F)(F)F)c2)sc2c(F)cc(F)cc21. The molecule has 11 heteroatoms. The number of halogens is 5. The highest BCUT2D eigenvalue weighted by molar-refractivity contribution is 7.16. The summed E-state index contributed by atoms with van der Waals surface area (Å²) in [5.74, 6) is -4.39. The maximum absolute atomic E-state index is 14.1. The van der Waals surface area contributed by atoms with E-state index in [0.29, 0.717) is 23.5 Å². The van der Waals surface area contributed by atoms with Crippen molar-refractivity contribution in [1.29, 1.82) is 0 Å². The Hall–Kier alpha value is -3.08. The van der Waals surface area contributed by atoms with Crippen LogP contribution in [0.3, 0.4) is 0 Å². The number of aromatic nitrogens is 1. The van der Waals surface area contributed by atoms with E-state index < -0.39 is 46.9 Å². The summed E-state index contributed by atoms with van der Waals surface area (Å²) in [5.41, 5.74) is -1.59. The summed E-state index contributed by atoms with van der Waals surface area (Å²) in [5, 5.41) is 9.30. The molecule has 3 aromatic rings. The number of carbonyl (C=O) groups excluding carboxylic acids is 1. The molecule has 0 aliphatic heterocycles. The first kappa shape index (κ1) is 20.6. The van der Waals surface area contributed by atoms with Crippen molar-refractivity contribution in [3.63, 3.8) is 0 Å². The van der Waals surface area contributed by atoms with Crippen LogP contribution in [-0.4, -0.2) is 21.6 Å². The highest BCUT2D eigenvalue weighted by Gasteiger charge is 2.31. The van der Waals surface area contributed by atoms with Gasteiger partial charge in [-0.25, -0.2) is 13.6 Å². The third-order valence-corrected chi connectivity index (χ3v) is 5.11. The van der Waals surface area contributed by atoms with Gasteiger partial charge >= 0.3 is 12.1 Å². The summed E-state index contributed by atoms with van der Waals surface area (Å²) >= 11 is 0.586. The molecule has 0 radical (unpaired) electrons. The van der Waals surface area contributed by atoms with Crippen LogP contribution in [-0.2, 0) is 11.0 Å². The number of hydrogen-bond donors (Lipinski definition) is 1. The normalized spacial score (nSPS) is 13.7. The Balaban J connectivity index is 2.22. The summed E-state index contributed by atoms with van der Waals surface area (Å²) in [6, 6.07) is 3.65. The van der Waals surface area contributed by atoms with Gasteiger partial charge in [0, 0.05) is 11.6 Å². The molecule has 0 saturated carbocycles. The Bertz CT molecular complexity index is 1200. The molecule has 5 nitrogen and oxygen atoms in total. The molecular formula is C18H11F5N2O3S. The van der Waals surface area contributed by atoms with Crippen molar-refractivity contribution in [3.8, 4) is 0 Å². The zero-order valence-corrected chi connectivity index (χ0v) is 15.3. The molecule has 3 rings (SSSR count). The van der Waals surface area contributed by atoms with Gasteiger partial charge in [0.15, 0.2) is 4.80 Å². The van der Waals surface area contributed by atoms with E-state index in [2.05, 4.69) is 4.99 Å². The molecule has 1 aromatic heterocycles. The molecule has 0 bridgehead atoms. The minimum atomic E-state index is -4.67. The van der Waals surface area contributed by atoms with Crippen LogP contribution in [0, 0.1) is 11.6 Å². The van der Waals surface area contributed by atoms with Crippen LogP contribution in [0.15, 0.2) is 41.4 Å². The molecule has 0 aliphatic rings. The third kappa shape index (κ3) is 4.04. The number of thiazole rings is 1. The van der Waals surface area contributed by atoms with Crippen LogP contribution in [0.2, 0.25) is 0 Å². The minimum absolute atomic E-state index is 0.141. The first-order valence-corrected chi connectivity index (χ1v) is 8.80. The zero-order chi connectivity index (χ0) is 21.5. The van der Waals surface area contributed by atoms with Crippen molar-refractivity contribution in [1.82, 2.24) is 4.57 Å². The highest BCUT2D eigenvalue weighted by Crippen LogP contribution is 2.30. The van der Waals surface area contributed by atoms with Crippen LogP contribution in [0.1, 0.15) is 28.9 Å². The van der Waals surface area contributed by atoms with Gasteiger partial charge in [-0.2, -0.15) is 18.2 Å². The van der Waals surface area contributed by atoms with Crippen molar-refractivity contribution in [2.24, 2.45) is 4.99 Å². The summed E-state index contributed by atoms with van der Waals surface area (Å²) < 4.78 is 67.1. The first-order valence-electron chi connectivity index (χ1n) is 7.98. The summed E-state index contributed by atoms with van der Waals surface area (Å²) in [6.45, 7) is 1.21. The van der Waals surface area contributed by atoms with E-state index >= 15 is 0 Å². The number of carboxylic acid groups (broad SMARTS) is 1.